The summed E-state index contributed by atoms with van der Waals surface area (Å²) in [6.45, 7) is 1.27. The van der Waals surface area contributed by atoms with Crippen molar-refractivity contribution in [3.63, 3.8) is 0 Å². The molecular formula is C25H23ClN6O5. The third kappa shape index (κ3) is 6.13. The molecule has 0 unspecified atom stereocenters. The molecule has 2 N–H and O–H groups in total. The smallest absolute Gasteiger partial charge is 0.287 e. The number of halogens is 1. The maximum atomic E-state index is 13.4. The van der Waals surface area contributed by atoms with Crippen molar-refractivity contribution >= 4 is 29.1 Å². The Balaban J connectivity index is 1.41. The van der Waals surface area contributed by atoms with Crippen LogP contribution < -0.4 is 20.9 Å². The molecule has 2 aromatic heterocycles. The van der Waals surface area contributed by atoms with E-state index in [4.69, 9.17) is 25.6 Å². The van der Waals surface area contributed by atoms with E-state index in [9.17, 15) is 9.59 Å². The Bertz CT molecular complexity index is 1400. The van der Waals surface area contributed by atoms with Crippen molar-refractivity contribution in [2.45, 2.75) is 25.4 Å². The Morgan fingerprint density at radius 1 is 1.05 bits per heavy atom. The quantitative estimate of drug-likeness (QED) is 0.354. The number of hydrogen-bond donors (Lipinski definition) is 2. The summed E-state index contributed by atoms with van der Waals surface area (Å²) in [5.74, 6) is 0.491. The Labute approximate surface area is 216 Å². The van der Waals surface area contributed by atoms with Crippen LogP contribution in [0.1, 0.15) is 28.9 Å². The first kappa shape index (κ1) is 24.5. The van der Waals surface area contributed by atoms with Crippen LogP contribution in [0.4, 0.5) is 11.6 Å². The van der Waals surface area contributed by atoms with Gasteiger partial charge in [0.2, 0.25) is 11.6 Å². The van der Waals surface area contributed by atoms with E-state index in [-0.39, 0.29) is 24.2 Å². The van der Waals surface area contributed by atoms with Crippen LogP contribution in [0.5, 0.6) is 11.6 Å². The van der Waals surface area contributed by atoms with Crippen LogP contribution in [-0.4, -0.2) is 45.1 Å². The summed E-state index contributed by atoms with van der Waals surface area (Å²) in [7, 11) is 0. The molecule has 2 aromatic carbocycles. The topological polar surface area (TPSA) is 133 Å². The number of aromatic nitrogens is 4. The standard InChI is InChI=1S/C25H23ClN6O5/c26-17-3-1-16(2-4-17)15-32-24(34)22(23(33)27-19-9-12-35-13-10-19)29-30-25(32)28-18-5-7-20(8-6-18)37-21-11-14-36-31-21/h1-8,11,14,19H,9-10,12-13,15H2,(H,27,33)(H,28,30). The molecule has 37 heavy (non-hydrogen) atoms. The third-order valence-corrected chi connectivity index (χ3v) is 5.97. The van der Waals surface area contributed by atoms with Crippen LogP contribution in [0.3, 0.4) is 0 Å². The minimum Gasteiger partial charge on any atom is -0.436 e. The van der Waals surface area contributed by atoms with Gasteiger partial charge in [-0.25, -0.2) is 0 Å². The average Bonchev–Trinajstić information content (AvgIpc) is 3.42. The van der Waals surface area contributed by atoms with Crippen LogP contribution >= 0.6 is 11.6 Å². The lowest BCUT2D eigenvalue weighted by atomic mass is 10.1. The van der Waals surface area contributed by atoms with E-state index in [0.717, 1.165) is 5.56 Å². The van der Waals surface area contributed by atoms with Gasteiger partial charge in [-0.3, -0.25) is 14.2 Å². The van der Waals surface area contributed by atoms with Gasteiger partial charge in [0.1, 0.15) is 12.0 Å². The van der Waals surface area contributed by atoms with E-state index in [1.54, 1.807) is 54.6 Å². The summed E-state index contributed by atoms with van der Waals surface area (Å²) in [6.07, 6.45) is 2.76. The lowest BCUT2D eigenvalue weighted by Gasteiger charge is -2.22. The molecule has 5 rings (SSSR count). The second-order valence-electron chi connectivity index (χ2n) is 8.34. The second kappa shape index (κ2) is 11.2. The zero-order valence-corrected chi connectivity index (χ0v) is 20.4. The van der Waals surface area contributed by atoms with Crippen LogP contribution in [-0.2, 0) is 11.3 Å². The van der Waals surface area contributed by atoms with Crippen molar-refractivity contribution < 1.29 is 18.8 Å². The van der Waals surface area contributed by atoms with Gasteiger partial charge < -0.3 is 24.6 Å². The Kier molecular flexibility index (Phi) is 7.43. The molecule has 3 heterocycles. The highest BCUT2D eigenvalue weighted by Crippen LogP contribution is 2.23. The van der Waals surface area contributed by atoms with Crippen molar-refractivity contribution in [3.8, 4) is 11.6 Å². The van der Waals surface area contributed by atoms with E-state index < -0.39 is 11.5 Å². The molecule has 1 fully saturated rings. The van der Waals surface area contributed by atoms with Crippen molar-refractivity contribution in [2.24, 2.45) is 0 Å². The second-order valence-corrected chi connectivity index (χ2v) is 8.78. The molecule has 0 radical (unpaired) electrons. The Hall–Kier alpha value is -4.22. The van der Waals surface area contributed by atoms with E-state index in [0.29, 0.717) is 48.4 Å². The maximum absolute atomic E-state index is 13.4. The summed E-state index contributed by atoms with van der Waals surface area (Å²) >= 11 is 6.02. The predicted octanol–water partition coefficient (Wildman–Crippen LogP) is 3.77. The summed E-state index contributed by atoms with van der Waals surface area (Å²) in [5.41, 5.74) is 0.588. The molecule has 1 saturated heterocycles. The number of carbonyl (C=O) groups excluding carboxylic acids is 1. The molecule has 0 atom stereocenters. The number of anilines is 2. The van der Waals surface area contributed by atoms with Gasteiger partial charge in [0.05, 0.1) is 6.54 Å². The van der Waals surface area contributed by atoms with Crippen molar-refractivity contribution in [3.05, 3.63) is 87.5 Å². The van der Waals surface area contributed by atoms with Gasteiger partial charge in [-0.05, 0) is 60.0 Å². The van der Waals surface area contributed by atoms with E-state index in [1.807, 2.05) is 0 Å². The third-order valence-electron chi connectivity index (χ3n) is 5.72. The molecule has 0 aliphatic carbocycles. The highest BCUT2D eigenvalue weighted by molar-refractivity contribution is 6.30. The largest absolute Gasteiger partial charge is 0.436 e. The summed E-state index contributed by atoms with van der Waals surface area (Å²) in [4.78, 5) is 26.3. The van der Waals surface area contributed by atoms with Gasteiger partial charge in [0.25, 0.3) is 17.3 Å². The zero-order chi connectivity index (χ0) is 25.6. The number of amides is 1. The number of nitrogens with zero attached hydrogens (tertiary/aromatic N) is 4. The zero-order valence-electron chi connectivity index (χ0n) is 19.6. The number of hydrogen-bond acceptors (Lipinski definition) is 9. The molecule has 12 heteroatoms. The fraction of sp³-hybridized carbons (Fsp3) is 0.240. The normalized spacial score (nSPS) is 13.8. The molecule has 1 aliphatic heterocycles. The predicted molar refractivity (Wildman–Crippen MR) is 134 cm³/mol. The summed E-state index contributed by atoms with van der Waals surface area (Å²) in [5, 5.41) is 18.4. The van der Waals surface area contributed by atoms with Crippen LogP contribution in [0.25, 0.3) is 0 Å². The summed E-state index contributed by atoms with van der Waals surface area (Å²) < 4.78 is 17.0. The molecule has 190 valence electrons. The number of benzene rings is 2. The average molecular weight is 523 g/mol. The minimum atomic E-state index is -0.567. The van der Waals surface area contributed by atoms with Gasteiger partial charge in [-0.2, -0.15) is 0 Å². The minimum absolute atomic E-state index is 0.0806. The van der Waals surface area contributed by atoms with Gasteiger partial charge in [0, 0.05) is 36.0 Å². The molecule has 0 spiro atoms. The van der Waals surface area contributed by atoms with Crippen LogP contribution in [0.2, 0.25) is 5.02 Å². The monoisotopic (exact) mass is 522 g/mol. The lowest BCUT2D eigenvalue weighted by molar-refractivity contribution is 0.0692. The molecular weight excluding hydrogens is 500 g/mol. The molecule has 1 aliphatic rings. The lowest BCUT2D eigenvalue weighted by Crippen LogP contribution is -2.43. The SMILES string of the molecule is O=C(NC1CCOCC1)c1nnc(Nc2ccc(Oc3ccon3)cc2)n(Cc2ccc(Cl)cc2)c1=O. The molecule has 0 bridgehead atoms. The number of carbonyl (C=O) groups is 1. The number of ether oxygens (including phenoxy) is 2. The Morgan fingerprint density at radius 2 is 1.81 bits per heavy atom. The summed E-state index contributed by atoms with van der Waals surface area (Å²) in [6, 6.07) is 15.5. The van der Waals surface area contributed by atoms with E-state index in [1.165, 1.54) is 10.8 Å². The fourth-order valence-electron chi connectivity index (χ4n) is 3.78. The fourth-order valence-corrected chi connectivity index (χ4v) is 3.90. The number of nitrogens with one attached hydrogen (secondary N) is 2. The van der Waals surface area contributed by atoms with E-state index >= 15 is 0 Å². The van der Waals surface area contributed by atoms with Gasteiger partial charge >= 0.3 is 0 Å². The maximum Gasteiger partial charge on any atom is 0.287 e. The van der Waals surface area contributed by atoms with Crippen LogP contribution in [0.15, 0.2) is 70.2 Å². The number of rotatable bonds is 8. The molecule has 0 saturated carbocycles. The van der Waals surface area contributed by atoms with Crippen molar-refractivity contribution in [2.75, 3.05) is 18.5 Å². The molecule has 1 amide bonds. The van der Waals surface area contributed by atoms with Crippen LogP contribution in [0, 0.1) is 0 Å². The first-order valence-electron chi connectivity index (χ1n) is 11.6. The Morgan fingerprint density at radius 3 is 2.51 bits per heavy atom. The first-order valence-corrected chi connectivity index (χ1v) is 12.0. The molecule has 11 nitrogen and oxygen atoms in total. The molecule has 4 aromatic rings. The first-order chi connectivity index (χ1) is 18.0. The highest BCUT2D eigenvalue weighted by Gasteiger charge is 2.23. The van der Waals surface area contributed by atoms with Gasteiger partial charge in [-0.15, -0.1) is 10.2 Å². The van der Waals surface area contributed by atoms with E-state index in [2.05, 4.69) is 26.0 Å². The van der Waals surface area contributed by atoms with Crippen molar-refractivity contribution in [1.29, 1.82) is 0 Å². The van der Waals surface area contributed by atoms with Crippen molar-refractivity contribution in [1.82, 2.24) is 25.2 Å². The van der Waals surface area contributed by atoms with Gasteiger partial charge in [0.15, 0.2) is 0 Å². The van der Waals surface area contributed by atoms with Gasteiger partial charge in [-0.1, -0.05) is 23.7 Å². The highest BCUT2D eigenvalue weighted by atomic mass is 35.5.